The first-order valence-electron chi connectivity index (χ1n) is 9.05. The van der Waals surface area contributed by atoms with E-state index in [1.165, 1.54) is 0 Å². The van der Waals surface area contributed by atoms with Crippen LogP contribution < -0.4 is 0 Å². The summed E-state index contributed by atoms with van der Waals surface area (Å²) >= 11 is 0. The van der Waals surface area contributed by atoms with Crippen LogP contribution in [0.15, 0.2) is 28.8 Å². The number of carbonyl (C=O) groups excluding carboxylic acids is 1. The van der Waals surface area contributed by atoms with E-state index in [2.05, 4.69) is 5.16 Å². The summed E-state index contributed by atoms with van der Waals surface area (Å²) in [5.41, 5.74) is 2.40. The standard InChI is InChI=1S/C20H24N2O5/c1-13-17(12-26-2)18(21-27-13)19(23)22-9-3-4-15(11-22)10-14-5-7-16(8-6-14)20(24)25/h5-8,15H,3-4,9-12H2,1-2H3,(H,24,25)/t15-/m0/s1. The van der Waals surface area contributed by atoms with Crippen LogP contribution in [0.4, 0.5) is 0 Å². The van der Waals surface area contributed by atoms with Crippen LogP contribution in [0, 0.1) is 12.8 Å². The zero-order valence-corrected chi connectivity index (χ0v) is 15.6. The first kappa shape index (κ1) is 19.1. The number of nitrogens with zero attached hydrogens (tertiary/aromatic N) is 2. The van der Waals surface area contributed by atoms with Crippen molar-refractivity contribution in [2.45, 2.75) is 32.8 Å². The van der Waals surface area contributed by atoms with Gasteiger partial charge >= 0.3 is 5.97 Å². The lowest BCUT2D eigenvalue weighted by atomic mass is 9.90. The number of benzene rings is 1. The van der Waals surface area contributed by atoms with E-state index in [4.69, 9.17) is 14.4 Å². The predicted molar refractivity (Wildman–Crippen MR) is 97.7 cm³/mol. The minimum absolute atomic E-state index is 0.121. The van der Waals surface area contributed by atoms with Gasteiger partial charge in [0.2, 0.25) is 0 Å². The van der Waals surface area contributed by atoms with Gasteiger partial charge in [0.15, 0.2) is 5.69 Å². The van der Waals surface area contributed by atoms with Gasteiger partial charge in [-0.05, 0) is 49.8 Å². The van der Waals surface area contributed by atoms with Gasteiger partial charge < -0.3 is 19.3 Å². The van der Waals surface area contributed by atoms with E-state index in [1.807, 2.05) is 17.0 Å². The molecule has 0 unspecified atom stereocenters. The summed E-state index contributed by atoms with van der Waals surface area (Å²) in [6, 6.07) is 6.95. The molecule has 1 aliphatic rings. The van der Waals surface area contributed by atoms with Crippen molar-refractivity contribution in [2.75, 3.05) is 20.2 Å². The Morgan fingerprint density at radius 1 is 1.33 bits per heavy atom. The highest BCUT2D eigenvalue weighted by Gasteiger charge is 2.29. The maximum absolute atomic E-state index is 12.9. The van der Waals surface area contributed by atoms with E-state index in [9.17, 15) is 9.59 Å². The molecule has 1 aromatic carbocycles. The molecular formula is C20H24N2O5. The van der Waals surface area contributed by atoms with Crippen LogP contribution in [0.25, 0.3) is 0 Å². The third-order valence-electron chi connectivity index (χ3n) is 5.01. The van der Waals surface area contributed by atoms with Crippen LogP contribution in [0.1, 0.15) is 50.6 Å². The molecule has 1 atom stereocenters. The van der Waals surface area contributed by atoms with Gasteiger partial charge in [-0.25, -0.2) is 4.79 Å². The summed E-state index contributed by atoms with van der Waals surface area (Å²) < 4.78 is 10.3. The minimum atomic E-state index is -0.925. The van der Waals surface area contributed by atoms with Crippen molar-refractivity contribution in [1.82, 2.24) is 10.1 Å². The fraction of sp³-hybridized carbons (Fsp3) is 0.450. The molecule has 2 aromatic rings. The van der Waals surface area contributed by atoms with Gasteiger partial charge in [0.05, 0.1) is 17.7 Å². The third-order valence-corrected chi connectivity index (χ3v) is 5.01. The normalized spacial score (nSPS) is 17.1. The molecule has 27 heavy (non-hydrogen) atoms. The Morgan fingerprint density at radius 3 is 2.74 bits per heavy atom. The quantitative estimate of drug-likeness (QED) is 0.838. The summed E-state index contributed by atoms with van der Waals surface area (Å²) in [5, 5.41) is 12.9. The number of piperidine rings is 1. The highest BCUT2D eigenvalue weighted by atomic mass is 16.5. The monoisotopic (exact) mass is 372 g/mol. The highest BCUT2D eigenvalue weighted by molar-refractivity contribution is 5.93. The lowest BCUT2D eigenvalue weighted by Gasteiger charge is -2.32. The van der Waals surface area contributed by atoms with Gasteiger partial charge in [0, 0.05) is 20.2 Å². The van der Waals surface area contributed by atoms with E-state index < -0.39 is 5.97 Å². The molecule has 144 valence electrons. The van der Waals surface area contributed by atoms with E-state index >= 15 is 0 Å². The number of carbonyl (C=O) groups is 2. The number of hydrogen-bond donors (Lipinski definition) is 1. The van der Waals surface area contributed by atoms with Crippen molar-refractivity contribution < 1.29 is 24.0 Å². The second-order valence-corrected chi connectivity index (χ2v) is 6.96. The molecule has 1 N–H and O–H groups in total. The van der Waals surface area contributed by atoms with Gasteiger partial charge in [-0.3, -0.25) is 4.79 Å². The molecule has 1 aromatic heterocycles. The fourth-order valence-corrected chi connectivity index (χ4v) is 3.56. The molecule has 0 bridgehead atoms. The van der Waals surface area contributed by atoms with Crippen molar-refractivity contribution in [1.29, 1.82) is 0 Å². The average molecular weight is 372 g/mol. The molecule has 7 heteroatoms. The summed E-state index contributed by atoms with van der Waals surface area (Å²) in [4.78, 5) is 25.7. The Kier molecular flexibility index (Phi) is 5.91. The molecule has 1 saturated heterocycles. The molecule has 3 rings (SSSR count). The van der Waals surface area contributed by atoms with E-state index in [0.717, 1.165) is 24.8 Å². The lowest BCUT2D eigenvalue weighted by molar-refractivity contribution is 0.0656. The van der Waals surface area contributed by atoms with Crippen LogP contribution in [0.5, 0.6) is 0 Å². The van der Waals surface area contributed by atoms with Crippen LogP contribution in [0.2, 0.25) is 0 Å². The zero-order chi connectivity index (χ0) is 19.4. The topological polar surface area (TPSA) is 92.9 Å². The van der Waals surface area contributed by atoms with E-state index in [1.54, 1.807) is 26.2 Å². The Balaban J connectivity index is 1.67. The Bertz CT molecular complexity index is 812. The number of hydrogen-bond acceptors (Lipinski definition) is 5. The predicted octanol–water partition coefficient (Wildman–Crippen LogP) is 2.92. The zero-order valence-electron chi connectivity index (χ0n) is 15.6. The molecule has 0 saturated carbocycles. The van der Waals surface area contributed by atoms with Crippen LogP contribution in [0.3, 0.4) is 0 Å². The average Bonchev–Trinajstić information content (AvgIpc) is 3.03. The number of aryl methyl sites for hydroxylation is 1. The van der Waals surface area contributed by atoms with E-state index in [-0.39, 0.29) is 11.5 Å². The summed E-state index contributed by atoms with van der Waals surface area (Å²) in [5.74, 6) is -0.111. The van der Waals surface area contributed by atoms with Gasteiger partial charge in [0.25, 0.3) is 5.91 Å². The van der Waals surface area contributed by atoms with Crippen molar-refractivity contribution in [3.05, 3.63) is 52.4 Å². The van der Waals surface area contributed by atoms with Crippen LogP contribution >= 0.6 is 0 Å². The van der Waals surface area contributed by atoms with Crippen molar-refractivity contribution in [3.8, 4) is 0 Å². The number of carboxylic acid groups (broad SMARTS) is 1. The largest absolute Gasteiger partial charge is 0.478 e. The lowest BCUT2D eigenvalue weighted by Crippen LogP contribution is -2.41. The molecule has 1 aliphatic heterocycles. The summed E-state index contributed by atoms with van der Waals surface area (Å²) in [6.07, 6.45) is 2.78. The molecule has 1 amide bonds. The Morgan fingerprint density at radius 2 is 2.07 bits per heavy atom. The first-order valence-corrected chi connectivity index (χ1v) is 9.05. The number of rotatable bonds is 6. The van der Waals surface area contributed by atoms with Crippen LogP contribution in [-0.4, -0.2) is 47.2 Å². The molecular weight excluding hydrogens is 348 g/mol. The Labute approximate surface area is 157 Å². The van der Waals surface area contributed by atoms with Crippen molar-refractivity contribution in [2.24, 2.45) is 5.92 Å². The number of aromatic nitrogens is 1. The third kappa shape index (κ3) is 4.36. The molecule has 0 spiro atoms. The molecule has 0 radical (unpaired) electrons. The number of likely N-dealkylation sites (tertiary alicyclic amines) is 1. The maximum Gasteiger partial charge on any atom is 0.335 e. The highest BCUT2D eigenvalue weighted by Crippen LogP contribution is 2.24. The second kappa shape index (κ2) is 8.35. The van der Waals surface area contributed by atoms with Gasteiger partial charge in [-0.1, -0.05) is 17.3 Å². The number of carboxylic acids is 1. The fourth-order valence-electron chi connectivity index (χ4n) is 3.56. The minimum Gasteiger partial charge on any atom is -0.478 e. The van der Waals surface area contributed by atoms with Gasteiger partial charge in [-0.15, -0.1) is 0 Å². The van der Waals surface area contributed by atoms with Crippen molar-refractivity contribution in [3.63, 3.8) is 0 Å². The number of aromatic carboxylic acids is 1. The van der Waals surface area contributed by atoms with Gasteiger partial charge in [0.1, 0.15) is 5.76 Å². The SMILES string of the molecule is COCc1c(C(=O)N2CCC[C@@H](Cc3ccc(C(=O)O)cc3)C2)noc1C. The Hall–Kier alpha value is -2.67. The number of ether oxygens (including phenoxy) is 1. The van der Waals surface area contributed by atoms with Crippen LogP contribution in [-0.2, 0) is 17.8 Å². The van der Waals surface area contributed by atoms with E-state index in [0.29, 0.717) is 42.6 Å². The first-order chi connectivity index (χ1) is 13.0. The molecule has 7 nitrogen and oxygen atoms in total. The maximum atomic E-state index is 12.9. The molecule has 0 aliphatic carbocycles. The second-order valence-electron chi connectivity index (χ2n) is 6.96. The summed E-state index contributed by atoms with van der Waals surface area (Å²) in [6.45, 7) is 3.42. The smallest absolute Gasteiger partial charge is 0.335 e. The molecule has 2 heterocycles. The number of methoxy groups -OCH3 is 1. The van der Waals surface area contributed by atoms with Gasteiger partial charge in [-0.2, -0.15) is 0 Å². The molecule has 1 fully saturated rings. The van der Waals surface area contributed by atoms with Crippen molar-refractivity contribution >= 4 is 11.9 Å². The summed E-state index contributed by atoms with van der Waals surface area (Å²) in [7, 11) is 1.58. The number of amides is 1.